The highest BCUT2D eigenvalue weighted by Gasteiger charge is 2.45. The quantitative estimate of drug-likeness (QED) is 0.795. The van der Waals surface area contributed by atoms with Crippen LogP contribution in [0.1, 0.15) is 12.5 Å². The van der Waals surface area contributed by atoms with Crippen LogP contribution in [0, 0.1) is 0 Å². The molecule has 106 valence electrons. The Morgan fingerprint density at radius 1 is 1.20 bits per heavy atom. The highest BCUT2D eigenvalue weighted by atomic mass is 16.5. The second-order valence-corrected chi connectivity index (χ2v) is 5.25. The fourth-order valence-corrected chi connectivity index (χ4v) is 2.82. The summed E-state index contributed by atoms with van der Waals surface area (Å²) in [7, 11) is 0. The predicted octanol–water partition coefficient (Wildman–Crippen LogP) is 0.645. The van der Waals surface area contributed by atoms with Gasteiger partial charge in [-0.15, -0.1) is 0 Å². The van der Waals surface area contributed by atoms with Crippen LogP contribution >= 0.6 is 0 Å². The first kappa shape index (κ1) is 13.1. The minimum Gasteiger partial charge on any atom is -0.377 e. The van der Waals surface area contributed by atoms with Gasteiger partial charge in [0.15, 0.2) is 0 Å². The Labute approximate surface area is 118 Å². The Kier molecular flexibility index (Phi) is 3.44. The molecule has 3 rings (SSSR count). The number of nitrogens with zero attached hydrogens (tertiary/aromatic N) is 2. The van der Waals surface area contributed by atoms with Gasteiger partial charge in [-0.2, -0.15) is 0 Å². The molecule has 0 N–H and O–H groups in total. The highest BCUT2D eigenvalue weighted by Crippen LogP contribution is 2.22. The van der Waals surface area contributed by atoms with E-state index in [2.05, 4.69) is 0 Å². The highest BCUT2D eigenvalue weighted by molar-refractivity contribution is 5.97. The lowest BCUT2D eigenvalue weighted by Crippen LogP contribution is -2.66. The van der Waals surface area contributed by atoms with Gasteiger partial charge in [0, 0.05) is 13.1 Å². The van der Waals surface area contributed by atoms with Crippen LogP contribution in [-0.4, -0.2) is 53.5 Å². The first-order chi connectivity index (χ1) is 9.68. The lowest BCUT2D eigenvalue weighted by molar-refractivity contribution is -0.170. The summed E-state index contributed by atoms with van der Waals surface area (Å²) in [5.41, 5.74) is 1.03. The van der Waals surface area contributed by atoms with Crippen molar-refractivity contribution in [2.24, 2.45) is 0 Å². The van der Waals surface area contributed by atoms with E-state index in [0.717, 1.165) is 5.56 Å². The van der Waals surface area contributed by atoms with Gasteiger partial charge in [-0.25, -0.2) is 0 Å². The molecule has 2 saturated heterocycles. The standard InChI is InChI=1S/C15H18N2O3/c1-11-14(18)16-7-8-20-10-13(16)15(19)17(11)9-12-5-3-2-4-6-12/h2-6,11,13H,7-10H2,1H3. The zero-order valence-electron chi connectivity index (χ0n) is 11.5. The van der Waals surface area contributed by atoms with E-state index in [4.69, 9.17) is 4.74 Å². The molecule has 1 aromatic carbocycles. The summed E-state index contributed by atoms with van der Waals surface area (Å²) in [4.78, 5) is 28.3. The third-order valence-corrected chi connectivity index (χ3v) is 4.00. The topological polar surface area (TPSA) is 49.9 Å². The second kappa shape index (κ2) is 5.25. The van der Waals surface area contributed by atoms with Crippen LogP contribution in [0.15, 0.2) is 30.3 Å². The number of fused-ring (bicyclic) bond motifs is 1. The molecule has 0 aliphatic carbocycles. The summed E-state index contributed by atoms with van der Waals surface area (Å²) < 4.78 is 5.35. The van der Waals surface area contributed by atoms with Crippen LogP contribution in [0.5, 0.6) is 0 Å². The maximum Gasteiger partial charge on any atom is 0.248 e. The third kappa shape index (κ3) is 2.18. The number of carbonyl (C=O) groups excluding carboxylic acids is 2. The van der Waals surface area contributed by atoms with Gasteiger partial charge >= 0.3 is 0 Å². The van der Waals surface area contributed by atoms with Gasteiger partial charge in [-0.1, -0.05) is 30.3 Å². The lowest BCUT2D eigenvalue weighted by Gasteiger charge is -2.45. The Balaban J connectivity index is 1.83. The summed E-state index contributed by atoms with van der Waals surface area (Å²) in [5.74, 6) is 0.00878. The van der Waals surface area contributed by atoms with E-state index in [-0.39, 0.29) is 11.8 Å². The molecule has 2 unspecified atom stereocenters. The van der Waals surface area contributed by atoms with Crippen molar-refractivity contribution in [3.63, 3.8) is 0 Å². The van der Waals surface area contributed by atoms with Crippen LogP contribution in [0.25, 0.3) is 0 Å². The summed E-state index contributed by atoms with van der Waals surface area (Å²) in [6.07, 6.45) is 0. The van der Waals surface area contributed by atoms with Crippen LogP contribution in [0.2, 0.25) is 0 Å². The third-order valence-electron chi connectivity index (χ3n) is 4.00. The van der Waals surface area contributed by atoms with Crippen molar-refractivity contribution < 1.29 is 14.3 Å². The zero-order chi connectivity index (χ0) is 14.1. The second-order valence-electron chi connectivity index (χ2n) is 5.25. The van der Waals surface area contributed by atoms with Crippen molar-refractivity contribution in [2.75, 3.05) is 19.8 Å². The van der Waals surface area contributed by atoms with E-state index >= 15 is 0 Å². The van der Waals surface area contributed by atoms with E-state index in [9.17, 15) is 9.59 Å². The molecule has 0 radical (unpaired) electrons. The number of benzene rings is 1. The van der Waals surface area contributed by atoms with Crippen LogP contribution in [0.4, 0.5) is 0 Å². The van der Waals surface area contributed by atoms with E-state index in [1.807, 2.05) is 30.3 Å². The van der Waals surface area contributed by atoms with Crippen molar-refractivity contribution in [3.8, 4) is 0 Å². The van der Waals surface area contributed by atoms with E-state index in [1.165, 1.54) is 0 Å². The number of hydrogen-bond donors (Lipinski definition) is 0. The van der Waals surface area contributed by atoms with Crippen molar-refractivity contribution >= 4 is 11.8 Å². The summed E-state index contributed by atoms with van der Waals surface area (Å²) in [6.45, 7) is 3.61. The van der Waals surface area contributed by atoms with Gasteiger partial charge in [0.25, 0.3) is 0 Å². The molecule has 0 saturated carbocycles. The fraction of sp³-hybridized carbons (Fsp3) is 0.467. The van der Waals surface area contributed by atoms with Crippen LogP contribution in [-0.2, 0) is 20.9 Å². The Hall–Kier alpha value is -1.88. The number of amides is 2. The minimum absolute atomic E-state index is 0.0133. The van der Waals surface area contributed by atoms with E-state index in [0.29, 0.717) is 26.3 Å². The Morgan fingerprint density at radius 3 is 2.70 bits per heavy atom. The number of ether oxygens (including phenoxy) is 1. The average molecular weight is 274 g/mol. The van der Waals surface area contributed by atoms with Gasteiger partial charge in [0.2, 0.25) is 11.8 Å². The van der Waals surface area contributed by atoms with Crippen molar-refractivity contribution in [1.29, 1.82) is 0 Å². The first-order valence-corrected chi connectivity index (χ1v) is 6.91. The van der Waals surface area contributed by atoms with Gasteiger partial charge in [-0.3, -0.25) is 9.59 Å². The summed E-state index contributed by atoms with van der Waals surface area (Å²) >= 11 is 0. The normalized spacial score (nSPS) is 26.6. The van der Waals surface area contributed by atoms with Gasteiger partial charge in [0.1, 0.15) is 12.1 Å². The Morgan fingerprint density at radius 2 is 1.95 bits per heavy atom. The molecule has 2 amide bonds. The SMILES string of the molecule is CC1C(=O)N2CCOCC2C(=O)N1Cc1ccccc1. The first-order valence-electron chi connectivity index (χ1n) is 6.91. The molecule has 2 heterocycles. The van der Waals surface area contributed by atoms with Crippen LogP contribution < -0.4 is 0 Å². The smallest absolute Gasteiger partial charge is 0.248 e. The predicted molar refractivity (Wildman–Crippen MR) is 72.8 cm³/mol. The van der Waals surface area contributed by atoms with Crippen molar-refractivity contribution in [2.45, 2.75) is 25.6 Å². The van der Waals surface area contributed by atoms with Gasteiger partial charge in [-0.05, 0) is 12.5 Å². The van der Waals surface area contributed by atoms with Gasteiger partial charge in [0.05, 0.1) is 13.2 Å². The number of carbonyl (C=O) groups is 2. The molecular formula is C15H18N2O3. The molecule has 5 heteroatoms. The number of piperazine rings is 1. The molecule has 20 heavy (non-hydrogen) atoms. The molecule has 2 atom stereocenters. The summed E-state index contributed by atoms with van der Waals surface area (Å²) in [5, 5.41) is 0. The van der Waals surface area contributed by atoms with Gasteiger partial charge < -0.3 is 14.5 Å². The molecule has 2 aliphatic rings. The molecule has 0 spiro atoms. The minimum atomic E-state index is -0.448. The maximum atomic E-state index is 12.6. The lowest BCUT2D eigenvalue weighted by atomic mass is 10.0. The number of rotatable bonds is 2. The Bertz CT molecular complexity index is 517. The summed E-state index contributed by atoms with van der Waals surface area (Å²) in [6, 6.07) is 8.89. The fourth-order valence-electron chi connectivity index (χ4n) is 2.82. The van der Waals surface area contributed by atoms with E-state index in [1.54, 1.807) is 16.7 Å². The molecule has 2 fully saturated rings. The molecular weight excluding hydrogens is 256 g/mol. The maximum absolute atomic E-state index is 12.6. The number of hydrogen-bond acceptors (Lipinski definition) is 3. The van der Waals surface area contributed by atoms with Crippen molar-refractivity contribution in [1.82, 2.24) is 9.80 Å². The largest absolute Gasteiger partial charge is 0.377 e. The average Bonchev–Trinajstić information content (AvgIpc) is 2.50. The van der Waals surface area contributed by atoms with Crippen LogP contribution in [0.3, 0.4) is 0 Å². The molecule has 5 nitrogen and oxygen atoms in total. The van der Waals surface area contributed by atoms with E-state index < -0.39 is 12.1 Å². The molecule has 2 aliphatic heterocycles. The number of morpholine rings is 1. The zero-order valence-corrected chi connectivity index (χ0v) is 11.5. The molecule has 1 aromatic rings. The van der Waals surface area contributed by atoms with Crippen molar-refractivity contribution in [3.05, 3.63) is 35.9 Å². The monoisotopic (exact) mass is 274 g/mol. The molecule has 0 aromatic heterocycles. The molecule has 0 bridgehead atoms.